The van der Waals surface area contributed by atoms with Crippen LogP contribution in [0.1, 0.15) is 32.1 Å². The van der Waals surface area contributed by atoms with Crippen LogP contribution in [0.4, 0.5) is 0 Å². The van der Waals surface area contributed by atoms with Gasteiger partial charge in [0.05, 0.1) is 12.7 Å². The van der Waals surface area contributed by atoms with Crippen LogP contribution >= 0.6 is 0 Å². The maximum Gasteiger partial charge on any atom is 0.156 e. The Morgan fingerprint density at radius 3 is 2.37 bits per heavy atom. The van der Waals surface area contributed by atoms with Crippen LogP contribution in [-0.4, -0.2) is 37.2 Å². The molecule has 5 aliphatic rings. The molecule has 1 unspecified atom stereocenters. The summed E-state index contributed by atoms with van der Waals surface area (Å²) in [6.45, 7) is 3.84. The zero-order valence-electron chi connectivity index (χ0n) is 11.6. The summed E-state index contributed by atoms with van der Waals surface area (Å²) in [6, 6.07) is 2.27. The second-order valence-electron chi connectivity index (χ2n) is 7.34. The highest BCUT2D eigenvalue weighted by Gasteiger charge is 2.48. The fraction of sp³-hybridized carbons (Fsp3) is 0.938. The molecule has 4 bridgehead atoms. The van der Waals surface area contributed by atoms with Crippen molar-refractivity contribution in [2.24, 2.45) is 29.6 Å². The Morgan fingerprint density at radius 2 is 1.74 bits per heavy atom. The molecule has 0 radical (unpaired) electrons. The summed E-state index contributed by atoms with van der Waals surface area (Å²) < 4.78 is 5.46. The molecule has 3 heteroatoms. The standard InChI is InChI=1S/C16H24N2O/c17-8-15-9-18(1-2-19-15)10-16-13-4-11-3-12(6-13)7-14(16)5-11/h11-16H,1-7,9-10H2. The van der Waals surface area contributed by atoms with Gasteiger partial charge in [0.2, 0.25) is 0 Å². The zero-order chi connectivity index (χ0) is 12.8. The largest absolute Gasteiger partial charge is 0.361 e. The summed E-state index contributed by atoms with van der Waals surface area (Å²) in [7, 11) is 0. The molecule has 0 aromatic heterocycles. The van der Waals surface area contributed by atoms with Crippen molar-refractivity contribution in [2.45, 2.75) is 38.2 Å². The van der Waals surface area contributed by atoms with Gasteiger partial charge in [-0.3, -0.25) is 4.90 Å². The molecule has 3 nitrogen and oxygen atoms in total. The number of ether oxygens (including phenoxy) is 1. The first-order valence-corrected chi connectivity index (χ1v) is 8.05. The van der Waals surface area contributed by atoms with Gasteiger partial charge in [-0.15, -0.1) is 0 Å². The normalized spacial score (nSPS) is 49.2. The van der Waals surface area contributed by atoms with Gasteiger partial charge in [0.1, 0.15) is 0 Å². The highest BCUT2D eigenvalue weighted by molar-refractivity contribution is 4.99. The SMILES string of the molecule is N#CC1CN(CC2C3CC4CC(C3)CC2C4)CCO1. The van der Waals surface area contributed by atoms with Crippen LogP contribution in [0.15, 0.2) is 0 Å². The summed E-state index contributed by atoms with van der Waals surface area (Å²) >= 11 is 0. The zero-order valence-corrected chi connectivity index (χ0v) is 11.6. The molecule has 4 saturated carbocycles. The Kier molecular flexibility index (Phi) is 3.04. The Labute approximate surface area is 115 Å². The lowest BCUT2D eigenvalue weighted by Crippen LogP contribution is -2.51. The third kappa shape index (κ3) is 2.19. The van der Waals surface area contributed by atoms with Gasteiger partial charge >= 0.3 is 0 Å². The van der Waals surface area contributed by atoms with Crippen LogP contribution in [-0.2, 0) is 4.74 Å². The van der Waals surface area contributed by atoms with Crippen molar-refractivity contribution < 1.29 is 4.74 Å². The van der Waals surface area contributed by atoms with Crippen molar-refractivity contribution >= 4 is 0 Å². The third-order valence-electron chi connectivity index (χ3n) is 6.19. The van der Waals surface area contributed by atoms with Gasteiger partial charge in [-0.05, 0) is 61.7 Å². The van der Waals surface area contributed by atoms with Crippen LogP contribution in [0.2, 0.25) is 0 Å². The minimum atomic E-state index is -0.189. The average molecular weight is 260 g/mol. The van der Waals surface area contributed by atoms with Crippen LogP contribution < -0.4 is 0 Å². The van der Waals surface area contributed by atoms with E-state index in [-0.39, 0.29) is 6.10 Å². The van der Waals surface area contributed by atoms with E-state index in [9.17, 15) is 0 Å². The summed E-state index contributed by atoms with van der Waals surface area (Å²) in [5.41, 5.74) is 0. The van der Waals surface area contributed by atoms with E-state index in [2.05, 4.69) is 11.0 Å². The first-order chi connectivity index (χ1) is 9.31. The van der Waals surface area contributed by atoms with E-state index in [1.165, 1.54) is 38.6 Å². The quantitative estimate of drug-likeness (QED) is 0.764. The van der Waals surface area contributed by atoms with Crippen molar-refractivity contribution in [1.82, 2.24) is 4.90 Å². The lowest BCUT2D eigenvalue weighted by molar-refractivity contribution is -0.0674. The van der Waals surface area contributed by atoms with E-state index < -0.39 is 0 Å². The van der Waals surface area contributed by atoms with Gasteiger partial charge in [0.15, 0.2) is 6.10 Å². The monoisotopic (exact) mass is 260 g/mol. The van der Waals surface area contributed by atoms with E-state index in [0.717, 1.165) is 49.3 Å². The van der Waals surface area contributed by atoms with Crippen molar-refractivity contribution in [1.29, 1.82) is 5.26 Å². The topological polar surface area (TPSA) is 36.3 Å². The Balaban J connectivity index is 1.41. The Bertz CT molecular complexity index is 361. The number of morpholine rings is 1. The molecule has 0 N–H and O–H groups in total. The second kappa shape index (κ2) is 4.75. The molecule has 0 spiro atoms. The lowest BCUT2D eigenvalue weighted by atomic mass is 9.52. The van der Waals surface area contributed by atoms with Gasteiger partial charge in [-0.2, -0.15) is 5.26 Å². The van der Waals surface area contributed by atoms with E-state index in [4.69, 9.17) is 10.00 Å². The maximum atomic E-state index is 9.01. The van der Waals surface area contributed by atoms with Crippen LogP contribution in [0.3, 0.4) is 0 Å². The van der Waals surface area contributed by atoms with E-state index in [1.54, 1.807) is 0 Å². The fourth-order valence-corrected chi connectivity index (χ4v) is 5.58. The minimum Gasteiger partial charge on any atom is -0.361 e. The molecular weight excluding hydrogens is 236 g/mol. The van der Waals surface area contributed by atoms with Crippen LogP contribution in [0.5, 0.6) is 0 Å². The van der Waals surface area contributed by atoms with E-state index >= 15 is 0 Å². The lowest BCUT2D eigenvalue weighted by Gasteiger charge is -2.55. The number of nitrogens with zero attached hydrogens (tertiary/aromatic N) is 2. The van der Waals surface area contributed by atoms with Crippen LogP contribution in [0, 0.1) is 40.9 Å². The van der Waals surface area contributed by atoms with Gasteiger partial charge < -0.3 is 4.74 Å². The van der Waals surface area contributed by atoms with Gasteiger partial charge in [0.25, 0.3) is 0 Å². The molecule has 0 aromatic rings. The van der Waals surface area contributed by atoms with Crippen molar-refractivity contribution in [3.05, 3.63) is 0 Å². The smallest absolute Gasteiger partial charge is 0.156 e. The van der Waals surface area contributed by atoms with E-state index in [1.807, 2.05) is 0 Å². The predicted molar refractivity (Wildman–Crippen MR) is 72.3 cm³/mol. The molecule has 1 atom stereocenters. The molecule has 5 rings (SSSR count). The Hall–Kier alpha value is -0.590. The Morgan fingerprint density at radius 1 is 1.05 bits per heavy atom. The van der Waals surface area contributed by atoms with Crippen LogP contribution in [0.25, 0.3) is 0 Å². The molecule has 19 heavy (non-hydrogen) atoms. The summed E-state index contributed by atoms with van der Waals surface area (Å²) in [6.07, 6.45) is 7.36. The highest BCUT2D eigenvalue weighted by atomic mass is 16.5. The molecule has 4 aliphatic carbocycles. The molecule has 0 aromatic carbocycles. The summed E-state index contributed by atoms with van der Waals surface area (Å²) in [4.78, 5) is 2.50. The molecule has 1 aliphatic heterocycles. The number of rotatable bonds is 2. The molecule has 1 heterocycles. The minimum absolute atomic E-state index is 0.189. The second-order valence-corrected chi connectivity index (χ2v) is 7.34. The molecule has 1 saturated heterocycles. The summed E-state index contributed by atoms with van der Waals surface area (Å²) in [5.74, 6) is 5.05. The van der Waals surface area contributed by atoms with Gasteiger partial charge in [0, 0.05) is 19.6 Å². The van der Waals surface area contributed by atoms with E-state index in [0.29, 0.717) is 0 Å². The van der Waals surface area contributed by atoms with Crippen molar-refractivity contribution in [3.8, 4) is 6.07 Å². The van der Waals surface area contributed by atoms with Gasteiger partial charge in [-0.1, -0.05) is 0 Å². The molecular formula is C16H24N2O. The fourth-order valence-electron chi connectivity index (χ4n) is 5.58. The number of hydrogen-bond donors (Lipinski definition) is 0. The first-order valence-electron chi connectivity index (χ1n) is 8.05. The molecule has 5 fully saturated rings. The van der Waals surface area contributed by atoms with Crippen molar-refractivity contribution in [2.75, 3.05) is 26.2 Å². The third-order valence-corrected chi connectivity index (χ3v) is 6.19. The summed E-state index contributed by atoms with van der Waals surface area (Å²) in [5, 5.41) is 9.01. The molecule has 104 valence electrons. The molecule has 0 amide bonds. The van der Waals surface area contributed by atoms with Crippen molar-refractivity contribution in [3.63, 3.8) is 0 Å². The maximum absolute atomic E-state index is 9.01. The number of nitriles is 1. The highest BCUT2D eigenvalue weighted by Crippen LogP contribution is 2.56. The predicted octanol–water partition coefficient (Wildman–Crippen LogP) is 2.28. The number of hydrogen-bond acceptors (Lipinski definition) is 3. The average Bonchev–Trinajstić information content (AvgIpc) is 2.42. The van der Waals surface area contributed by atoms with Gasteiger partial charge in [-0.25, -0.2) is 0 Å². The first kappa shape index (κ1) is 12.2.